The molecule has 4 rings (SSSR count). The first kappa shape index (κ1) is 17.3. The Labute approximate surface area is 149 Å². The van der Waals surface area contributed by atoms with Crippen molar-refractivity contribution in [3.8, 4) is 0 Å². The smallest absolute Gasteiger partial charge is 0.0161 e. The Balaban J connectivity index is 1.68. The van der Waals surface area contributed by atoms with E-state index >= 15 is 0 Å². The maximum absolute atomic E-state index is 6.14. The van der Waals surface area contributed by atoms with Gasteiger partial charge in [0.05, 0.1) is 0 Å². The summed E-state index contributed by atoms with van der Waals surface area (Å²) in [4.78, 5) is 2.95. The number of hydrogen-bond acceptors (Lipinski definition) is 2. The van der Waals surface area contributed by atoms with Crippen LogP contribution < -0.4 is 5.73 Å². The fourth-order valence-electron chi connectivity index (χ4n) is 8.00. The van der Waals surface area contributed by atoms with Crippen molar-refractivity contribution in [2.75, 3.05) is 13.1 Å². The number of nitrogens with zero attached hydrogens (tertiary/aromatic N) is 1. The molecule has 6 unspecified atom stereocenters. The lowest BCUT2D eigenvalue weighted by molar-refractivity contribution is -0.0323. The van der Waals surface area contributed by atoms with Crippen LogP contribution in [0.1, 0.15) is 80.1 Å². The summed E-state index contributed by atoms with van der Waals surface area (Å²) in [6.07, 6.45) is 8.58. The number of nitrogens with two attached hydrogens (primary N) is 1. The quantitative estimate of drug-likeness (QED) is 0.810. The molecular weight excluding hydrogens is 292 g/mol. The Morgan fingerprint density at radius 1 is 0.792 bits per heavy atom. The fraction of sp³-hybridized carbons (Fsp3) is 1.00. The Hall–Kier alpha value is -0.0800. The minimum absolute atomic E-state index is 0.481. The van der Waals surface area contributed by atoms with Crippen LogP contribution in [-0.4, -0.2) is 30.1 Å². The van der Waals surface area contributed by atoms with E-state index in [-0.39, 0.29) is 0 Å². The van der Waals surface area contributed by atoms with Gasteiger partial charge in [-0.1, -0.05) is 41.5 Å². The largest absolute Gasteiger partial charge is 0.329 e. The zero-order valence-corrected chi connectivity index (χ0v) is 17.0. The van der Waals surface area contributed by atoms with Crippen LogP contribution in [0.4, 0.5) is 0 Å². The lowest BCUT2D eigenvalue weighted by atomic mass is 9.66. The molecule has 4 fully saturated rings. The standard InChI is InChI=1S/C22H40N2/c1-19(2)15-7-9-21(19,5)17(13-15)24(12-11-23)18-14-16-8-10-22(18,6)20(16,3)4/h15-18H,7-14,23H2,1-6H3. The molecule has 0 aliphatic heterocycles. The van der Waals surface area contributed by atoms with E-state index < -0.39 is 0 Å². The van der Waals surface area contributed by atoms with Crippen LogP contribution >= 0.6 is 0 Å². The summed E-state index contributed by atoms with van der Waals surface area (Å²) in [5.74, 6) is 1.85. The summed E-state index contributed by atoms with van der Waals surface area (Å²) in [6.45, 7) is 17.3. The number of fused-ring (bicyclic) bond motifs is 4. The van der Waals surface area contributed by atoms with Crippen LogP contribution in [0.15, 0.2) is 0 Å². The first-order valence-electron chi connectivity index (χ1n) is 10.6. The molecular formula is C22H40N2. The van der Waals surface area contributed by atoms with Gasteiger partial charge in [0.2, 0.25) is 0 Å². The molecule has 138 valence electrons. The summed E-state index contributed by atoms with van der Waals surface area (Å²) in [7, 11) is 0. The molecule has 0 radical (unpaired) electrons. The number of rotatable bonds is 4. The van der Waals surface area contributed by atoms with Gasteiger partial charge in [0.15, 0.2) is 0 Å². The van der Waals surface area contributed by atoms with E-state index in [0.29, 0.717) is 21.7 Å². The van der Waals surface area contributed by atoms with Gasteiger partial charge in [-0.05, 0) is 72.0 Å². The van der Waals surface area contributed by atoms with Crippen LogP contribution in [0.3, 0.4) is 0 Å². The van der Waals surface area contributed by atoms with Gasteiger partial charge in [0.1, 0.15) is 0 Å². The lowest BCUT2D eigenvalue weighted by Gasteiger charge is -2.52. The Morgan fingerprint density at radius 3 is 1.46 bits per heavy atom. The second-order valence-electron chi connectivity index (χ2n) is 11.3. The van der Waals surface area contributed by atoms with Crippen molar-refractivity contribution >= 4 is 0 Å². The third-order valence-electron chi connectivity index (χ3n) is 10.7. The topological polar surface area (TPSA) is 29.3 Å². The van der Waals surface area contributed by atoms with Crippen molar-refractivity contribution in [2.45, 2.75) is 92.2 Å². The predicted molar refractivity (Wildman–Crippen MR) is 102 cm³/mol. The van der Waals surface area contributed by atoms with E-state index in [2.05, 4.69) is 46.4 Å². The van der Waals surface area contributed by atoms with E-state index in [9.17, 15) is 0 Å². The second kappa shape index (κ2) is 5.00. The second-order valence-corrected chi connectivity index (χ2v) is 11.3. The highest BCUT2D eigenvalue weighted by molar-refractivity contribution is 5.18. The molecule has 2 heteroatoms. The molecule has 0 aromatic heterocycles. The summed E-state index contributed by atoms with van der Waals surface area (Å²) in [6, 6.07) is 1.51. The van der Waals surface area contributed by atoms with Crippen molar-refractivity contribution in [1.82, 2.24) is 4.90 Å². The van der Waals surface area contributed by atoms with Gasteiger partial charge in [0, 0.05) is 25.2 Å². The zero-order valence-electron chi connectivity index (χ0n) is 17.0. The predicted octanol–water partition coefficient (Wildman–Crippen LogP) is 4.68. The molecule has 4 aliphatic rings. The van der Waals surface area contributed by atoms with Crippen molar-refractivity contribution in [2.24, 2.45) is 39.2 Å². The Bertz CT molecular complexity index is 480. The van der Waals surface area contributed by atoms with E-state index in [1.807, 2.05) is 0 Å². The van der Waals surface area contributed by atoms with Gasteiger partial charge < -0.3 is 5.73 Å². The highest BCUT2D eigenvalue weighted by Gasteiger charge is 2.67. The maximum Gasteiger partial charge on any atom is 0.0161 e. The molecule has 4 saturated carbocycles. The SMILES string of the molecule is CC1(C)C2CCC1(C)C(N(CCN)C1CC3CCC1(C)C3(C)C)C2. The third kappa shape index (κ3) is 1.80. The summed E-state index contributed by atoms with van der Waals surface area (Å²) in [5, 5.41) is 0. The molecule has 0 aromatic carbocycles. The Kier molecular flexibility index (Phi) is 3.61. The molecule has 4 bridgehead atoms. The molecule has 4 aliphatic carbocycles. The van der Waals surface area contributed by atoms with Crippen LogP contribution in [0.5, 0.6) is 0 Å². The van der Waals surface area contributed by atoms with Gasteiger partial charge in [-0.25, -0.2) is 0 Å². The van der Waals surface area contributed by atoms with Crippen LogP contribution in [0.25, 0.3) is 0 Å². The third-order valence-corrected chi connectivity index (χ3v) is 10.7. The highest BCUT2D eigenvalue weighted by Crippen LogP contribution is 2.70. The van der Waals surface area contributed by atoms with Crippen molar-refractivity contribution < 1.29 is 0 Å². The van der Waals surface area contributed by atoms with E-state index in [1.165, 1.54) is 38.5 Å². The first-order valence-corrected chi connectivity index (χ1v) is 10.6. The molecule has 6 atom stereocenters. The highest BCUT2D eigenvalue weighted by atomic mass is 15.2. The van der Waals surface area contributed by atoms with Crippen LogP contribution in [-0.2, 0) is 0 Å². The van der Waals surface area contributed by atoms with Gasteiger partial charge in [0.25, 0.3) is 0 Å². The van der Waals surface area contributed by atoms with E-state index in [4.69, 9.17) is 5.73 Å². The molecule has 0 aromatic rings. The average Bonchev–Trinajstić information content (AvgIpc) is 3.03. The first-order chi connectivity index (χ1) is 11.1. The van der Waals surface area contributed by atoms with Gasteiger partial charge in [-0.15, -0.1) is 0 Å². The van der Waals surface area contributed by atoms with Crippen LogP contribution in [0.2, 0.25) is 0 Å². The number of hydrogen-bond donors (Lipinski definition) is 1. The molecule has 0 amide bonds. The maximum atomic E-state index is 6.14. The molecule has 2 nitrogen and oxygen atoms in total. The monoisotopic (exact) mass is 332 g/mol. The lowest BCUT2D eigenvalue weighted by Crippen LogP contribution is -2.57. The molecule has 2 N–H and O–H groups in total. The summed E-state index contributed by atoms with van der Waals surface area (Å²) in [5.41, 5.74) is 8.10. The van der Waals surface area contributed by atoms with E-state index in [1.54, 1.807) is 0 Å². The molecule has 0 spiro atoms. The van der Waals surface area contributed by atoms with Crippen molar-refractivity contribution in [1.29, 1.82) is 0 Å². The van der Waals surface area contributed by atoms with Gasteiger partial charge in [-0.3, -0.25) is 4.90 Å². The fourth-order valence-corrected chi connectivity index (χ4v) is 8.00. The zero-order chi connectivity index (χ0) is 17.5. The van der Waals surface area contributed by atoms with Gasteiger partial charge in [-0.2, -0.15) is 0 Å². The summed E-state index contributed by atoms with van der Waals surface area (Å²) < 4.78 is 0. The minimum Gasteiger partial charge on any atom is -0.329 e. The molecule has 0 heterocycles. The van der Waals surface area contributed by atoms with E-state index in [0.717, 1.165) is 37.0 Å². The average molecular weight is 333 g/mol. The normalized spacial score (nSPS) is 51.0. The minimum atomic E-state index is 0.481. The Morgan fingerprint density at radius 2 is 1.21 bits per heavy atom. The van der Waals surface area contributed by atoms with Crippen LogP contribution in [0, 0.1) is 33.5 Å². The van der Waals surface area contributed by atoms with Crippen molar-refractivity contribution in [3.05, 3.63) is 0 Å². The van der Waals surface area contributed by atoms with Gasteiger partial charge >= 0.3 is 0 Å². The van der Waals surface area contributed by atoms with Crippen molar-refractivity contribution in [3.63, 3.8) is 0 Å². The molecule has 0 saturated heterocycles. The summed E-state index contributed by atoms with van der Waals surface area (Å²) >= 11 is 0. The molecule has 24 heavy (non-hydrogen) atoms.